The summed E-state index contributed by atoms with van der Waals surface area (Å²) >= 11 is 5.47. The van der Waals surface area contributed by atoms with Gasteiger partial charge in [0.1, 0.15) is 17.2 Å². The zero-order valence-corrected chi connectivity index (χ0v) is 27.0. The Kier molecular flexibility index (Phi) is 4.96. The first-order valence-corrected chi connectivity index (χ1v) is 17.5. The molecule has 0 radical (unpaired) electrons. The van der Waals surface area contributed by atoms with Crippen LogP contribution >= 0.6 is 27.9 Å². The fourth-order valence-corrected chi connectivity index (χ4v) is 9.80. The van der Waals surface area contributed by atoms with Crippen molar-refractivity contribution in [1.29, 1.82) is 0 Å². The Bertz CT molecular complexity index is 2490. The minimum absolute atomic E-state index is 0.0570. The van der Waals surface area contributed by atoms with Crippen LogP contribution in [0.15, 0.2) is 30.3 Å². The van der Waals surface area contributed by atoms with E-state index < -0.39 is 84.0 Å². The molecule has 0 saturated carbocycles. The number of fused-ring (bicyclic) bond motifs is 6. The number of esters is 1. The average molecular weight is 726 g/mol. The van der Waals surface area contributed by atoms with Gasteiger partial charge in [0.15, 0.2) is 28.7 Å². The minimum atomic E-state index is -4.67. The molecule has 3 unspecified atom stereocenters. The summed E-state index contributed by atoms with van der Waals surface area (Å²) in [5.74, 6) is -6.23. The molecule has 0 aliphatic carbocycles. The number of aryl methyl sites for hydroxylation is 2. The summed E-state index contributed by atoms with van der Waals surface area (Å²) in [5, 5.41) is 44.1. The summed E-state index contributed by atoms with van der Waals surface area (Å²) in [6.45, 7) is 3.31. The Balaban J connectivity index is 1.42. The summed E-state index contributed by atoms with van der Waals surface area (Å²) in [4.78, 5) is 14.8. The number of benzene rings is 4. The fraction of sp³-hybridized carbons (Fsp3) is 0.103. The van der Waals surface area contributed by atoms with Crippen LogP contribution < -0.4 is 42.3 Å². The van der Waals surface area contributed by atoms with E-state index in [-0.39, 0.29) is 45.2 Å². The molecule has 0 amide bonds. The largest absolute Gasteiger partial charge is 0.647 e. The summed E-state index contributed by atoms with van der Waals surface area (Å²) in [6, 6.07) is 7.34. The lowest BCUT2D eigenvalue weighted by molar-refractivity contribution is 0.0211. The molecule has 5 N–H and O–H groups in total. The number of aromatic hydroxyl groups is 3. The van der Waals surface area contributed by atoms with E-state index in [0.29, 0.717) is 11.1 Å². The molecular formula is C29H16N2O15P2S. The maximum absolute atomic E-state index is 14.1. The second kappa shape index (κ2) is 8.54. The number of hydrogen-bond donors (Lipinski definition) is 5. The first-order chi connectivity index (χ1) is 23.3. The number of anilines is 2. The van der Waals surface area contributed by atoms with E-state index in [0.717, 1.165) is 4.90 Å². The van der Waals surface area contributed by atoms with Gasteiger partial charge in [-0.25, -0.2) is 10.3 Å². The maximum atomic E-state index is 14.1. The summed E-state index contributed by atoms with van der Waals surface area (Å²) in [6.07, 6.45) is 0. The second-order valence-electron chi connectivity index (χ2n) is 11.6. The third-order valence-corrected chi connectivity index (χ3v) is 11.5. The van der Waals surface area contributed by atoms with Crippen molar-refractivity contribution in [2.24, 2.45) is 0 Å². The standard InChI is InChI=1S/C29H16N2O15P2S/c1-8-6-9(2)17(32)11(7-8)31(28(49)30-36)16-18(33)24-22-14-20(16)39-21-15(23-26-19(34)25(21)45-48(38,43-23)46-26)29(14)13-10(27(35)40-29)4-3-5-12(13)41-47(37,42-22)44-24/h3-7,32-34,36H,1-2H3,(H,30,49). The van der Waals surface area contributed by atoms with E-state index in [9.17, 15) is 34.5 Å². The van der Waals surface area contributed by atoms with E-state index in [4.69, 9.17) is 48.8 Å². The highest BCUT2D eigenvalue weighted by Gasteiger charge is 2.68. The molecule has 1 spiro atoms. The number of phosphoric acid groups is 2. The van der Waals surface area contributed by atoms with Crippen molar-refractivity contribution in [3.63, 3.8) is 0 Å². The van der Waals surface area contributed by atoms with Crippen molar-refractivity contribution < 1.29 is 71.1 Å². The number of ether oxygens (including phenoxy) is 2. The number of carbonyl (C=O) groups is 1. The van der Waals surface area contributed by atoms with Crippen molar-refractivity contribution in [1.82, 2.24) is 5.48 Å². The SMILES string of the molecule is Cc1cc(C)c(O)c(N(C(=S)NO)c2c(O)c3c4c5c2Oc2c6c(O)c7c(c2C52OC(=O)c5cccc(c52)OP(=O)(O3)O4)OP(=O)(O6)O7)c1. The van der Waals surface area contributed by atoms with Crippen LogP contribution in [0.25, 0.3) is 0 Å². The smallest absolute Gasteiger partial charge is 0.505 e. The zero-order valence-electron chi connectivity index (χ0n) is 24.4. The fourth-order valence-electron chi connectivity index (χ4n) is 7.02. The van der Waals surface area contributed by atoms with Gasteiger partial charge in [-0.1, -0.05) is 12.1 Å². The van der Waals surface area contributed by atoms with Gasteiger partial charge in [-0.05, 0) is 55.4 Å². The molecule has 6 heterocycles. The van der Waals surface area contributed by atoms with Crippen LogP contribution in [0.5, 0.6) is 63.2 Å². The number of phenolic OH excluding ortho intramolecular Hbond substituents is 3. The summed E-state index contributed by atoms with van der Waals surface area (Å²) in [7, 11) is -9.10. The highest BCUT2D eigenvalue weighted by molar-refractivity contribution is 7.80. The molecule has 5 bridgehead atoms. The predicted molar refractivity (Wildman–Crippen MR) is 164 cm³/mol. The van der Waals surface area contributed by atoms with Gasteiger partial charge in [0.2, 0.25) is 33.7 Å². The first kappa shape index (κ1) is 28.5. The number of thiocarbonyl (C=S) groups is 1. The average Bonchev–Trinajstić information content (AvgIpc) is 3.63. The molecule has 3 atom stereocenters. The quantitative estimate of drug-likeness (QED) is 0.0698. The number of phosphoric ester groups is 2. The van der Waals surface area contributed by atoms with Gasteiger partial charge in [0, 0.05) is 0 Å². The Hall–Kier alpha value is -5.54. The third kappa shape index (κ3) is 3.20. The van der Waals surface area contributed by atoms with Crippen molar-refractivity contribution in [2.75, 3.05) is 4.90 Å². The molecule has 0 saturated heterocycles. The highest BCUT2D eigenvalue weighted by atomic mass is 32.1. The number of hydroxylamine groups is 1. The number of phenols is 3. The van der Waals surface area contributed by atoms with Gasteiger partial charge in [0.05, 0.1) is 27.9 Å². The van der Waals surface area contributed by atoms with Gasteiger partial charge < -0.3 is 51.9 Å². The number of carbonyl (C=O) groups excluding carboxylic acids is 1. The van der Waals surface area contributed by atoms with Crippen LogP contribution in [0.4, 0.5) is 11.4 Å². The third-order valence-electron chi connectivity index (χ3n) is 8.78. The van der Waals surface area contributed by atoms with Crippen molar-refractivity contribution >= 4 is 50.3 Å². The Morgan fingerprint density at radius 1 is 0.796 bits per heavy atom. The Labute approximate surface area is 277 Å². The van der Waals surface area contributed by atoms with Crippen LogP contribution in [0, 0.1) is 13.8 Å². The Morgan fingerprint density at radius 3 is 2.10 bits per heavy atom. The number of nitrogens with one attached hydrogen (secondary N) is 1. The normalized spacial score (nSPS) is 24.3. The zero-order chi connectivity index (χ0) is 34.1. The van der Waals surface area contributed by atoms with E-state index in [1.54, 1.807) is 19.9 Å². The molecule has 4 aromatic carbocycles. The van der Waals surface area contributed by atoms with Crippen LogP contribution in [0.3, 0.4) is 0 Å². The number of rotatable bonds is 2. The maximum Gasteiger partial charge on any atom is 0.647 e. The summed E-state index contributed by atoms with van der Waals surface area (Å²) in [5.41, 5.74) is -0.625. The molecule has 4 aromatic rings. The molecule has 17 nitrogen and oxygen atoms in total. The van der Waals surface area contributed by atoms with Crippen molar-refractivity contribution in [3.8, 4) is 63.2 Å². The molecule has 0 aromatic heterocycles. The second-order valence-corrected chi connectivity index (χ2v) is 14.9. The van der Waals surface area contributed by atoms with E-state index >= 15 is 0 Å². The molecule has 6 aliphatic heterocycles. The van der Waals surface area contributed by atoms with Gasteiger partial charge in [-0.3, -0.25) is 10.1 Å². The van der Waals surface area contributed by atoms with Gasteiger partial charge in [-0.2, -0.15) is 9.13 Å². The molecule has 6 aliphatic rings. The van der Waals surface area contributed by atoms with E-state index in [2.05, 4.69) is 0 Å². The number of hydrogen-bond acceptors (Lipinski definition) is 16. The lowest BCUT2D eigenvalue weighted by Crippen LogP contribution is -2.38. The molecular weight excluding hydrogens is 710 g/mol. The number of nitrogens with zero attached hydrogens (tertiary/aromatic N) is 1. The summed E-state index contributed by atoms with van der Waals surface area (Å²) < 4.78 is 74.0. The van der Waals surface area contributed by atoms with Gasteiger partial charge >= 0.3 is 21.6 Å². The van der Waals surface area contributed by atoms with Gasteiger partial charge in [-0.15, -0.1) is 0 Å². The van der Waals surface area contributed by atoms with Crippen LogP contribution in [-0.2, 0) is 19.5 Å². The lowest BCUT2D eigenvalue weighted by Gasteiger charge is -2.40. The first-order valence-electron chi connectivity index (χ1n) is 14.1. The monoisotopic (exact) mass is 726 g/mol. The van der Waals surface area contributed by atoms with Crippen molar-refractivity contribution in [2.45, 2.75) is 19.4 Å². The van der Waals surface area contributed by atoms with Gasteiger partial charge in [0.25, 0.3) is 0 Å². The molecule has 0 fully saturated rings. The minimum Gasteiger partial charge on any atom is -0.505 e. The predicted octanol–water partition coefficient (Wildman–Crippen LogP) is 5.93. The van der Waals surface area contributed by atoms with Crippen LogP contribution in [0.2, 0.25) is 0 Å². The molecule has 20 heteroatoms. The van der Waals surface area contributed by atoms with Crippen LogP contribution in [0.1, 0.15) is 38.2 Å². The molecule has 10 rings (SSSR count). The van der Waals surface area contributed by atoms with E-state index in [1.807, 2.05) is 5.48 Å². The molecule has 49 heavy (non-hydrogen) atoms. The lowest BCUT2D eigenvalue weighted by atomic mass is 9.75. The topological polar surface area (TPSA) is 221 Å². The van der Waals surface area contributed by atoms with Crippen LogP contribution in [-0.4, -0.2) is 31.6 Å². The van der Waals surface area contributed by atoms with Crippen molar-refractivity contribution in [3.05, 3.63) is 63.7 Å². The Morgan fingerprint density at radius 2 is 1.41 bits per heavy atom. The molecule has 248 valence electrons. The highest BCUT2D eigenvalue weighted by Crippen LogP contribution is 2.80. The van der Waals surface area contributed by atoms with E-state index in [1.165, 1.54) is 24.3 Å².